The molecule has 0 aliphatic heterocycles. The van der Waals surface area contributed by atoms with Crippen molar-refractivity contribution in [3.05, 3.63) is 82.9 Å². The number of nitrogens with two attached hydrogens (primary N) is 2. The lowest BCUT2D eigenvalue weighted by atomic mass is 9.98. The molecule has 28 heavy (non-hydrogen) atoms. The Labute approximate surface area is 162 Å². The van der Waals surface area contributed by atoms with E-state index >= 15 is 0 Å². The number of carbonyl (C=O) groups is 2. The number of hydrogen-bond donors (Lipinski definition) is 2. The van der Waals surface area contributed by atoms with Crippen molar-refractivity contribution in [3.63, 3.8) is 0 Å². The van der Waals surface area contributed by atoms with Crippen LogP contribution in [0.15, 0.2) is 60.7 Å². The van der Waals surface area contributed by atoms with Crippen LogP contribution in [0.1, 0.15) is 31.8 Å². The average molecular weight is 376 g/mol. The van der Waals surface area contributed by atoms with Gasteiger partial charge in [-0.2, -0.15) is 0 Å². The third-order valence-corrected chi connectivity index (χ3v) is 4.26. The van der Waals surface area contributed by atoms with Crippen molar-refractivity contribution in [2.45, 2.75) is 0 Å². The summed E-state index contributed by atoms with van der Waals surface area (Å²) in [5.74, 6) is 0.585. The Morgan fingerprint density at radius 3 is 1.29 bits per heavy atom. The molecule has 0 saturated carbocycles. The third-order valence-electron chi connectivity index (χ3n) is 4.26. The monoisotopic (exact) mass is 376 g/mol. The van der Waals surface area contributed by atoms with Crippen molar-refractivity contribution < 1.29 is 19.1 Å². The van der Waals surface area contributed by atoms with Gasteiger partial charge in [0.1, 0.15) is 11.5 Å². The van der Waals surface area contributed by atoms with E-state index in [4.69, 9.17) is 20.9 Å². The van der Waals surface area contributed by atoms with E-state index in [0.717, 1.165) is 0 Å². The fraction of sp³-hybridized carbons (Fsp3) is 0.0909. The molecule has 0 aliphatic rings. The van der Waals surface area contributed by atoms with Crippen molar-refractivity contribution in [2.24, 2.45) is 0 Å². The molecular weight excluding hydrogens is 356 g/mol. The molecule has 4 N–H and O–H groups in total. The highest BCUT2D eigenvalue weighted by Crippen LogP contribution is 2.23. The quantitative estimate of drug-likeness (QED) is 0.505. The zero-order valence-electron chi connectivity index (χ0n) is 15.6. The SMILES string of the molecule is COc1cc(N)cc(C(=O)c2ccc(C(=O)c3cc(N)cc(OC)c3)cc2)c1. The summed E-state index contributed by atoms with van der Waals surface area (Å²) in [5, 5.41) is 0. The lowest BCUT2D eigenvalue weighted by Crippen LogP contribution is -2.06. The smallest absolute Gasteiger partial charge is 0.193 e. The fourth-order valence-electron chi connectivity index (χ4n) is 2.85. The summed E-state index contributed by atoms with van der Waals surface area (Å²) in [6.45, 7) is 0. The standard InChI is InChI=1S/C22H20N2O4/c1-27-19-9-15(7-17(23)11-19)21(25)13-3-5-14(6-4-13)22(26)16-8-18(24)12-20(10-16)28-2/h3-12H,23-24H2,1-2H3. The predicted octanol–water partition coefficient (Wildman–Crippen LogP) is 3.33. The zero-order chi connectivity index (χ0) is 20.3. The maximum Gasteiger partial charge on any atom is 0.193 e. The minimum atomic E-state index is -0.213. The van der Waals surface area contributed by atoms with E-state index in [0.29, 0.717) is 45.1 Å². The summed E-state index contributed by atoms with van der Waals surface area (Å²) in [5.41, 5.74) is 14.2. The van der Waals surface area contributed by atoms with Gasteiger partial charge in [-0.05, 0) is 24.3 Å². The number of benzene rings is 3. The molecule has 6 nitrogen and oxygen atoms in total. The predicted molar refractivity (Wildman–Crippen MR) is 108 cm³/mol. The maximum absolute atomic E-state index is 12.7. The molecule has 142 valence electrons. The number of rotatable bonds is 6. The van der Waals surface area contributed by atoms with Crippen molar-refractivity contribution in [1.82, 2.24) is 0 Å². The Balaban J connectivity index is 1.87. The van der Waals surface area contributed by atoms with Crippen LogP contribution in [-0.4, -0.2) is 25.8 Å². The first kappa shape index (κ1) is 19.0. The Morgan fingerprint density at radius 1 is 0.607 bits per heavy atom. The second kappa shape index (κ2) is 7.84. The van der Waals surface area contributed by atoms with Gasteiger partial charge in [-0.3, -0.25) is 9.59 Å². The molecule has 3 aromatic rings. The second-order valence-corrected chi connectivity index (χ2v) is 6.23. The van der Waals surface area contributed by atoms with Crippen molar-refractivity contribution in [1.29, 1.82) is 0 Å². The minimum absolute atomic E-state index is 0.213. The van der Waals surface area contributed by atoms with Crippen LogP contribution in [0, 0.1) is 0 Å². The molecule has 6 heteroatoms. The largest absolute Gasteiger partial charge is 0.497 e. The first-order valence-electron chi connectivity index (χ1n) is 8.50. The molecule has 3 rings (SSSR count). The van der Waals surface area contributed by atoms with Gasteiger partial charge in [0.15, 0.2) is 11.6 Å². The van der Waals surface area contributed by atoms with E-state index in [1.807, 2.05) is 0 Å². The minimum Gasteiger partial charge on any atom is -0.497 e. The summed E-state index contributed by atoms with van der Waals surface area (Å²) in [6, 6.07) is 16.1. The van der Waals surface area contributed by atoms with Gasteiger partial charge in [-0.1, -0.05) is 24.3 Å². The van der Waals surface area contributed by atoms with Crippen LogP contribution in [0.5, 0.6) is 11.5 Å². The number of nitrogen functional groups attached to an aromatic ring is 2. The summed E-state index contributed by atoms with van der Waals surface area (Å²) >= 11 is 0. The Morgan fingerprint density at radius 2 is 0.964 bits per heavy atom. The first-order chi connectivity index (χ1) is 13.4. The topological polar surface area (TPSA) is 105 Å². The van der Waals surface area contributed by atoms with Crippen LogP contribution in [0.4, 0.5) is 11.4 Å². The van der Waals surface area contributed by atoms with Crippen LogP contribution in [0.3, 0.4) is 0 Å². The number of ketones is 2. The molecule has 0 fully saturated rings. The molecule has 0 aromatic heterocycles. The van der Waals surface area contributed by atoms with Crippen molar-refractivity contribution in [2.75, 3.05) is 25.7 Å². The van der Waals surface area contributed by atoms with Crippen molar-refractivity contribution >= 4 is 22.9 Å². The molecule has 0 saturated heterocycles. The number of hydrogen-bond acceptors (Lipinski definition) is 6. The lowest BCUT2D eigenvalue weighted by molar-refractivity contribution is 0.102. The Bertz CT molecular complexity index is 958. The number of anilines is 2. The molecule has 0 aliphatic carbocycles. The molecule has 0 bridgehead atoms. The van der Waals surface area contributed by atoms with E-state index in [2.05, 4.69) is 0 Å². The fourth-order valence-corrected chi connectivity index (χ4v) is 2.85. The van der Waals surface area contributed by atoms with E-state index in [1.54, 1.807) is 60.7 Å². The van der Waals surface area contributed by atoms with E-state index in [1.165, 1.54) is 14.2 Å². The van der Waals surface area contributed by atoms with Gasteiger partial charge >= 0.3 is 0 Å². The van der Waals surface area contributed by atoms with Gasteiger partial charge in [0.05, 0.1) is 14.2 Å². The molecule has 0 spiro atoms. The number of carbonyl (C=O) groups excluding carboxylic acids is 2. The molecule has 0 atom stereocenters. The second-order valence-electron chi connectivity index (χ2n) is 6.23. The van der Waals surface area contributed by atoms with Gasteiger partial charge in [0.25, 0.3) is 0 Å². The lowest BCUT2D eigenvalue weighted by Gasteiger charge is -2.08. The van der Waals surface area contributed by atoms with E-state index < -0.39 is 0 Å². The van der Waals surface area contributed by atoms with Gasteiger partial charge in [0, 0.05) is 45.8 Å². The summed E-state index contributed by atoms with van der Waals surface area (Å²) in [7, 11) is 3.02. The molecule has 0 unspecified atom stereocenters. The molecule has 3 aromatic carbocycles. The summed E-state index contributed by atoms with van der Waals surface area (Å²) in [4.78, 5) is 25.4. The van der Waals surface area contributed by atoms with Crippen molar-refractivity contribution in [3.8, 4) is 11.5 Å². The van der Waals surface area contributed by atoms with Crippen LogP contribution < -0.4 is 20.9 Å². The van der Waals surface area contributed by atoms with E-state index in [9.17, 15) is 9.59 Å². The Kier molecular flexibility index (Phi) is 5.31. The first-order valence-corrected chi connectivity index (χ1v) is 8.50. The number of ether oxygens (including phenoxy) is 2. The zero-order valence-corrected chi connectivity index (χ0v) is 15.6. The highest BCUT2D eigenvalue weighted by Gasteiger charge is 2.15. The van der Waals surface area contributed by atoms with Crippen LogP contribution in [-0.2, 0) is 0 Å². The average Bonchev–Trinajstić information content (AvgIpc) is 2.71. The van der Waals surface area contributed by atoms with Crippen LogP contribution >= 0.6 is 0 Å². The van der Waals surface area contributed by atoms with Gasteiger partial charge in [-0.25, -0.2) is 0 Å². The van der Waals surface area contributed by atoms with Gasteiger partial charge in [-0.15, -0.1) is 0 Å². The van der Waals surface area contributed by atoms with Gasteiger partial charge < -0.3 is 20.9 Å². The normalized spacial score (nSPS) is 10.4. The molecule has 0 radical (unpaired) electrons. The highest BCUT2D eigenvalue weighted by atomic mass is 16.5. The molecular formula is C22H20N2O4. The van der Waals surface area contributed by atoms with E-state index in [-0.39, 0.29) is 11.6 Å². The Hall–Kier alpha value is -3.80. The maximum atomic E-state index is 12.7. The number of methoxy groups -OCH3 is 2. The highest BCUT2D eigenvalue weighted by molar-refractivity contribution is 6.12. The van der Waals surface area contributed by atoms with Crippen LogP contribution in [0.25, 0.3) is 0 Å². The van der Waals surface area contributed by atoms with Crippen LogP contribution in [0.2, 0.25) is 0 Å². The molecule has 0 amide bonds. The van der Waals surface area contributed by atoms with Gasteiger partial charge in [0.2, 0.25) is 0 Å². The molecule has 0 heterocycles. The third kappa shape index (κ3) is 3.96. The summed E-state index contributed by atoms with van der Waals surface area (Å²) < 4.78 is 10.3. The summed E-state index contributed by atoms with van der Waals surface area (Å²) in [6.07, 6.45) is 0.